The third-order valence-corrected chi connectivity index (χ3v) is 7.90. The van der Waals surface area contributed by atoms with Crippen LogP contribution in [0.25, 0.3) is 11.4 Å². The van der Waals surface area contributed by atoms with Crippen LogP contribution in [-0.2, 0) is 19.3 Å². The molecule has 0 aliphatic carbocycles. The third kappa shape index (κ3) is 8.78. The van der Waals surface area contributed by atoms with Gasteiger partial charge in [-0.3, -0.25) is 9.98 Å². The van der Waals surface area contributed by atoms with Crippen molar-refractivity contribution in [3.05, 3.63) is 106 Å². The molecule has 0 spiro atoms. The van der Waals surface area contributed by atoms with Gasteiger partial charge in [0.1, 0.15) is 0 Å². The summed E-state index contributed by atoms with van der Waals surface area (Å²) in [6, 6.07) is 19.1. The summed E-state index contributed by atoms with van der Waals surface area (Å²) in [6.45, 7) is 18.8. The van der Waals surface area contributed by atoms with Gasteiger partial charge in [0, 0.05) is 23.0 Å². The first kappa shape index (κ1) is 32.1. The largest absolute Gasteiger partial charge is 0.354 e. The lowest BCUT2D eigenvalue weighted by Gasteiger charge is -2.21. The van der Waals surface area contributed by atoms with Gasteiger partial charge in [0.2, 0.25) is 0 Å². The zero-order valence-corrected chi connectivity index (χ0v) is 26.3. The molecule has 0 fully saturated rings. The van der Waals surface area contributed by atoms with Crippen molar-refractivity contribution in [2.24, 2.45) is 15.9 Å². The molecule has 41 heavy (non-hydrogen) atoms. The van der Waals surface area contributed by atoms with Gasteiger partial charge in [-0.25, -0.2) is 0 Å². The average Bonchev–Trinajstić information content (AvgIpc) is 2.96. The molecule has 0 aliphatic heterocycles. The Morgan fingerprint density at radius 2 is 1.68 bits per heavy atom. The highest BCUT2D eigenvalue weighted by Gasteiger charge is 2.16. The lowest BCUT2D eigenvalue weighted by Crippen LogP contribution is -2.08. The number of nitrogens with one attached hydrogen (secondary N) is 1. The fraction of sp³-hybridized carbons (Fsp3) is 0.351. The molecule has 0 unspecified atom stereocenters. The average molecular weight is 568 g/mol. The molecule has 3 rings (SSSR count). The molecule has 1 N–H and O–H groups in total. The second-order valence-corrected chi connectivity index (χ2v) is 11.1. The van der Waals surface area contributed by atoms with E-state index in [4.69, 9.17) is 16.6 Å². The van der Waals surface area contributed by atoms with Gasteiger partial charge in [-0.2, -0.15) is 0 Å². The van der Waals surface area contributed by atoms with Gasteiger partial charge in [0.05, 0.1) is 22.1 Å². The molecule has 0 aromatic heterocycles. The Morgan fingerprint density at radius 1 is 0.951 bits per heavy atom. The molecule has 0 atom stereocenters. The predicted molar refractivity (Wildman–Crippen MR) is 183 cm³/mol. The Balaban J connectivity index is 1.86. The van der Waals surface area contributed by atoms with E-state index in [-0.39, 0.29) is 0 Å². The SMILES string of the molecule is C=N/C(=C\C)c1cccc(Cc2ccc(NC(=C)c3cc(CC(CCC)CCC)c(CC)cc3/N=C\C)c(Cl)c2)c1. The zero-order valence-electron chi connectivity index (χ0n) is 25.6. The maximum atomic E-state index is 6.81. The summed E-state index contributed by atoms with van der Waals surface area (Å²) in [5, 5.41) is 4.16. The second kappa shape index (κ2) is 16.1. The number of allylic oxidation sites excluding steroid dienone is 1. The second-order valence-electron chi connectivity index (χ2n) is 10.7. The van der Waals surface area contributed by atoms with Crippen LogP contribution < -0.4 is 5.32 Å². The molecule has 4 heteroatoms. The molecular formula is C37H46ClN3. The van der Waals surface area contributed by atoms with Crippen LogP contribution in [0.4, 0.5) is 11.4 Å². The Labute approximate surface area is 253 Å². The van der Waals surface area contributed by atoms with Gasteiger partial charge in [-0.15, -0.1) is 0 Å². The van der Waals surface area contributed by atoms with E-state index in [9.17, 15) is 0 Å². The highest BCUT2D eigenvalue weighted by atomic mass is 35.5. The van der Waals surface area contributed by atoms with Crippen molar-refractivity contribution in [1.29, 1.82) is 0 Å². The van der Waals surface area contributed by atoms with Crippen molar-refractivity contribution in [2.75, 3.05) is 5.32 Å². The van der Waals surface area contributed by atoms with E-state index in [0.29, 0.717) is 10.9 Å². The quantitative estimate of drug-likeness (QED) is 0.182. The first-order chi connectivity index (χ1) is 19.9. The van der Waals surface area contributed by atoms with Crippen molar-refractivity contribution in [2.45, 2.75) is 79.6 Å². The first-order valence-electron chi connectivity index (χ1n) is 15.0. The van der Waals surface area contributed by atoms with Crippen LogP contribution >= 0.6 is 11.6 Å². The van der Waals surface area contributed by atoms with Crippen molar-refractivity contribution in [3.63, 3.8) is 0 Å². The molecule has 0 bridgehead atoms. The van der Waals surface area contributed by atoms with Crippen LogP contribution in [0.1, 0.15) is 93.7 Å². The van der Waals surface area contributed by atoms with Crippen LogP contribution in [0.2, 0.25) is 5.02 Å². The molecule has 0 saturated heterocycles. The number of hydrogen-bond acceptors (Lipinski definition) is 3. The smallest absolute Gasteiger partial charge is 0.0721 e. The van der Waals surface area contributed by atoms with Crippen molar-refractivity contribution >= 4 is 47.3 Å². The number of hydrogen-bond donors (Lipinski definition) is 1. The summed E-state index contributed by atoms with van der Waals surface area (Å²) < 4.78 is 0. The number of anilines is 1. The van der Waals surface area contributed by atoms with E-state index in [2.05, 4.69) is 86.8 Å². The van der Waals surface area contributed by atoms with E-state index in [0.717, 1.165) is 58.7 Å². The molecule has 3 aromatic carbocycles. The zero-order chi connectivity index (χ0) is 29.8. The molecule has 0 heterocycles. The Morgan fingerprint density at radius 3 is 2.29 bits per heavy atom. The standard InChI is InChI=1S/C37H46ClN3/c1-8-14-27(15-9-2)21-32-24-33(37(40-12-5)25-30(32)10-3)26(6)41-36-19-18-29(23-34(36)38)20-28-16-13-17-31(22-28)35(11-4)39-7/h11-13,16-19,22-25,27,41H,6-10,14-15,20-21H2,1-5H3/b35-11-,40-12-. The monoisotopic (exact) mass is 567 g/mol. The molecular weight excluding hydrogens is 522 g/mol. The van der Waals surface area contributed by atoms with E-state index in [1.54, 1.807) is 0 Å². The first-order valence-corrected chi connectivity index (χ1v) is 15.4. The van der Waals surface area contributed by atoms with Crippen LogP contribution in [0.3, 0.4) is 0 Å². The molecule has 0 amide bonds. The molecule has 3 nitrogen and oxygen atoms in total. The number of aryl methyl sites for hydroxylation is 1. The summed E-state index contributed by atoms with van der Waals surface area (Å²) >= 11 is 6.81. The number of rotatable bonds is 15. The van der Waals surface area contributed by atoms with Crippen LogP contribution in [0.15, 0.2) is 77.2 Å². The van der Waals surface area contributed by atoms with Gasteiger partial charge in [0.15, 0.2) is 0 Å². The normalized spacial score (nSPS) is 11.8. The summed E-state index contributed by atoms with van der Waals surface area (Å²) in [5.41, 5.74) is 10.7. The lowest BCUT2D eigenvalue weighted by molar-refractivity contribution is 0.437. The summed E-state index contributed by atoms with van der Waals surface area (Å²) in [6.07, 6.45) is 11.6. The predicted octanol–water partition coefficient (Wildman–Crippen LogP) is 11.1. The fourth-order valence-electron chi connectivity index (χ4n) is 5.58. The summed E-state index contributed by atoms with van der Waals surface area (Å²) in [4.78, 5) is 8.84. The maximum absolute atomic E-state index is 6.81. The van der Waals surface area contributed by atoms with Gasteiger partial charge >= 0.3 is 0 Å². The number of benzene rings is 3. The number of nitrogens with zero attached hydrogens (tertiary/aromatic N) is 2. The topological polar surface area (TPSA) is 36.8 Å². The molecule has 0 saturated carbocycles. The van der Waals surface area contributed by atoms with Gasteiger partial charge in [-0.1, -0.05) is 95.0 Å². The molecule has 0 radical (unpaired) electrons. The van der Waals surface area contributed by atoms with E-state index < -0.39 is 0 Å². The summed E-state index contributed by atoms with van der Waals surface area (Å²) in [7, 11) is 0. The van der Waals surface area contributed by atoms with Crippen LogP contribution in [0.5, 0.6) is 0 Å². The Bertz CT molecular complexity index is 1390. The number of halogens is 1. The van der Waals surface area contributed by atoms with Crippen LogP contribution in [-0.4, -0.2) is 12.9 Å². The van der Waals surface area contributed by atoms with E-state index in [1.165, 1.54) is 42.4 Å². The molecule has 3 aromatic rings. The Hall–Kier alpha value is -3.43. The van der Waals surface area contributed by atoms with Crippen molar-refractivity contribution < 1.29 is 0 Å². The van der Waals surface area contributed by atoms with Gasteiger partial charge in [-0.05, 0) is 98.3 Å². The maximum Gasteiger partial charge on any atom is 0.0721 e. The van der Waals surface area contributed by atoms with Gasteiger partial charge in [0.25, 0.3) is 0 Å². The summed E-state index contributed by atoms with van der Waals surface area (Å²) in [5.74, 6) is 0.699. The van der Waals surface area contributed by atoms with Crippen molar-refractivity contribution in [3.8, 4) is 0 Å². The van der Waals surface area contributed by atoms with Crippen molar-refractivity contribution in [1.82, 2.24) is 0 Å². The molecule has 0 aliphatic rings. The minimum absolute atomic E-state index is 0.665. The minimum Gasteiger partial charge on any atom is -0.354 e. The minimum atomic E-state index is 0.665. The lowest BCUT2D eigenvalue weighted by atomic mass is 9.87. The van der Waals surface area contributed by atoms with Gasteiger partial charge < -0.3 is 5.32 Å². The number of aliphatic imine (C=N–C) groups is 2. The van der Waals surface area contributed by atoms with E-state index >= 15 is 0 Å². The third-order valence-electron chi connectivity index (χ3n) is 7.59. The Kier molecular flexibility index (Phi) is 12.6. The molecule has 216 valence electrons. The fourth-order valence-corrected chi connectivity index (χ4v) is 5.83. The highest BCUT2D eigenvalue weighted by molar-refractivity contribution is 6.33. The van der Waals surface area contributed by atoms with E-state index in [1.807, 2.05) is 38.3 Å². The van der Waals surface area contributed by atoms with Crippen LogP contribution in [0, 0.1) is 5.92 Å². The highest BCUT2D eigenvalue weighted by Crippen LogP contribution is 2.34.